The van der Waals surface area contributed by atoms with Crippen molar-refractivity contribution in [2.75, 3.05) is 0 Å². The molecular weight excluding hydrogens is 636 g/mol. The van der Waals surface area contributed by atoms with Crippen molar-refractivity contribution in [2.45, 2.75) is 12.7 Å². The van der Waals surface area contributed by atoms with Gasteiger partial charge in [0.1, 0.15) is 5.75 Å². The van der Waals surface area contributed by atoms with Gasteiger partial charge in [-0.25, -0.2) is 0 Å². The molecule has 1 heterocycles. The number of amides is 2. The van der Waals surface area contributed by atoms with Crippen molar-refractivity contribution in [1.82, 2.24) is 4.90 Å². The Kier molecular flexibility index (Phi) is 8.07. The molecular formula is C24H12BrCl2F3N2O5S. The summed E-state index contributed by atoms with van der Waals surface area (Å²) in [5, 5.41) is 11.6. The molecule has 3 aromatic carbocycles. The van der Waals surface area contributed by atoms with Crippen LogP contribution in [-0.4, -0.2) is 21.0 Å². The van der Waals surface area contributed by atoms with Crippen LogP contribution >= 0.6 is 50.9 Å². The molecule has 7 nitrogen and oxygen atoms in total. The van der Waals surface area contributed by atoms with Crippen LogP contribution in [0, 0.1) is 10.1 Å². The van der Waals surface area contributed by atoms with Gasteiger partial charge >= 0.3 is 11.9 Å². The third-order valence-electron chi connectivity index (χ3n) is 5.18. The van der Waals surface area contributed by atoms with Gasteiger partial charge in [-0.1, -0.05) is 45.2 Å². The molecule has 0 aromatic heterocycles. The van der Waals surface area contributed by atoms with Crippen LogP contribution in [0.15, 0.2) is 64.0 Å². The topological polar surface area (TPSA) is 89.7 Å². The summed E-state index contributed by atoms with van der Waals surface area (Å²) in [6, 6.07) is 11.0. The number of nitro benzene ring substituents is 1. The van der Waals surface area contributed by atoms with Crippen molar-refractivity contribution in [3.63, 3.8) is 0 Å². The number of imide groups is 1. The standard InChI is InChI=1S/C24H12BrCl2F3N2O5S/c25-15-3-6-19(37-20-5-2-14(24(28,29)30)9-18(20)32(35)36)13(7-15)8-21-22(33)31(23(34)38-21)11-12-1-4-16(26)10-17(12)27/h1-10H,11H2/b21-8+. The molecule has 0 bridgehead atoms. The van der Waals surface area contributed by atoms with Crippen LogP contribution in [0.3, 0.4) is 0 Å². The third-order valence-corrected chi connectivity index (χ3v) is 7.17. The van der Waals surface area contributed by atoms with Crippen LogP contribution in [0.1, 0.15) is 16.7 Å². The zero-order chi connectivity index (χ0) is 27.8. The molecule has 0 aliphatic carbocycles. The van der Waals surface area contributed by atoms with Crippen molar-refractivity contribution >= 4 is 73.8 Å². The van der Waals surface area contributed by atoms with Gasteiger partial charge in [0.05, 0.1) is 21.9 Å². The van der Waals surface area contributed by atoms with Gasteiger partial charge in [0.2, 0.25) is 5.75 Å². The lowest BCUT2D eigenvalue weighted by Gasteiger charge is -2.14. The molecule has 1 aliphatic heterocycles. The molecule has 0 radical (unpaired) electrons. The van der Waals surface area contributed by atoms with E-state index in [1.165, 1.54) is 30.3 Å². The van der Waals surface area contributed by atoms with Crippen molar-refractivity contribution < 1.29 is 32.4 Å². The number of thioether (sulfide) groups is 1. The second-order valence-electron chi connectivity index (χ2n) is 7.73. The highest BCUT2D eigenvalue weighted by atomic mass is 79.9. The molecule has 0 spiro atoms. The highest BCUT2D eigenvalue weighted by Crippen LogP contribution is 2.41. The minimum atomic E-state index is -4.79. The summed E-state index contributed by atoms with van der Waals surface area (Å²) < 4.78 is 45.3. The average molecular weight is 648 g/mol. The lowest BCUT2D eigenvalue weighted by Crippen LogP contribution is -2.27. The van der Waals surface area contributed by atoms with Crippen molar-refractivity contribution in [3.05, 3.63) is 101 Å². The molecule has 0 unspecified atom stereocenters. The average Bonchev–Trinajstić information content (AvgIpc) is 3.09. The van der Waals surface area contributed by atoms with E-state index >= 15 is 0 Å². The first-order valence-corrected chi connectivity index (χ1v) is 12.7. The Morgan fingerprint density at radius 1 is 1.05 bits per heavy atom. The number of ether oxygens (including phenoxy) is 1. The highest BCUT2D eigenvalue weighted by Gasteiger charge is 2.36. The van der Waals surface area contributed by atoms with E-state index in [4.69, 9.17) is 27.9 Å². The minimum absolute atomic E-state index is 0.00334. The van der Waals surface area contributed by atoms with Gasteiger partial charge < -0.3 is 4.74 Å². The molecule has 1 saturated heterocycles. The molecule has 0 N–H and O–H groups in total. The van der Waals surface area contributed by atoms with Gasteiger partial charge in [-0.2, -0.15) is 13.2 Å². The molecule has 3 aromatic rings. The normalized spacial score (nSPS) is 14.9. The SMILES string of the molecule is O=C1S/C(=C/c2cc(Br)ccc2Oc2ccc(C(F)(F)F)cc2[N+](=O)[O-])C(=O)N1Cc1ccc(Cl)cc1Cl. The number of hydrogen-bond donors (Lipinski definition) is 0. The first-order chi connectivity index (χ1) is 17.8. The van der Waals surface area contributed by atoms with E-state index in [1.54, 1.807) is 12.1 Å². The van der Waals surface area contributed by atoms with E-state index in [0.717, 1.165) is 11.0 Å². The Morgan fingerprint density at radius 2 is 1.76 bits per heavy atom. The van der Waals surface area contributed by atoms with Crippen LogP contribution < -0.4 is 4.74 Å². The summed E-state index contributed by atoms with van der Waals surface area (Å²) in [7, 11) is 0. The van der Waals surface area contributed by atoms with E-state index in [1.807, 2.05) is 0 Å². The van der Waals surface area contributed by atoms with Gasteiger partial charge in [-0.15, -0.1) is 0 Å². The van der Waals surface area contributed by atoms with Crippen LogP contribution in [-0.2, 0) is 17.5 Å². The van der Waals surface area contributed by atoms with Crippen LogP contribution in [0.4, 0.5) is 23.7 Å². The molecule has 1 aliphatic rings. The number of nitro groups is 1. The quantitative estimate of drug-likeness (QED) is 0.151. The summed E-state index contributed by atoms with van der Waals surface area (Å²) in [4.78, 5) is 37.1. The van der Waals surface area contributed by atoms with Crippen LogP contribution in [0.5, 0.6) is 11.5 Å². The van der Waals surface area contributed by atoms with Gasteiger partial charge in [0, 0.05) is 26.1 Å². The predicted molar refractivity (Wildman–Crippen MR) is 140 cm³/mol. The first kappa shape index (κ1) is 28.0. The molecule has 1 fully saturated rings. The van der Waals surface area contributed by atoms with Gasteiger partial charge in [0.25, 0.3) is 11.1 Å². The van der Waals surface area contributed by atoms with E-state index in [9.17, 15) is 32.9 Å². The second-order valence-corrected chi connectivity index (χ2v) is 10.5. The zero-order valence-corrected chi connectivity index (χ0v) is 22.5. The Labute approximate surface area is 235 Å². The summed E-state index contributed by atoms with van der Waals surface area (Å²) in [5.74, 6) is -1.05. The zero-order valence-electron chi connectivity index (χ0n) is 18.6. The monoisotopic (exact) mass is 646 g/mol. The molecule has 14 heteroatoms. The number of carbonyl (C=O) groups is 2. The fraction of sp³-hybridized carbons (Fsp3) is 0.0833. The molecule has 2 amide bonds. The molecule has 4 rings (SSSR count). The summed E-state index contributed by atoms with van der Waals surface area (Å²) in [6.45, 7) is -0.0996. The van der Waals surface area contributed by atoms with E-state index in [-0.39, 0.29) is 27.8 Å². The number of carbonyl (C=O) groups excluding carboxylic acids is 2. The minimum Gasteiger partial charge on any atom is -0.449 e. The molecule has 0 atom stereocenters. The fourth-order valence-corrected chi connectivity index (χ4v) is 5.04. The van der Waals surface area contributed by atoms with E-state index in [0.29, 0.717) is 39.0 Å². The molecule has 38 heavy (non-hydrogen) atoms. The predicted octanol–water partition coefficient (Wildman–Crippen LogP) is 8.71. The van der Waals surface area contributed by atoms with Crippen molar-refractivity contribution in [1.29, 1.82) is 0 Å². The first-order valence-electron chi connectivity index (χ1n) is 10.4. The maximum absolute atomic E-state index is 13.0. The van der Waals surface area contributed by atoms with Gasteiger partial charge in [-0.05, 0) is 65.9 Å². The fourth-order valence-electron chi connectivity index (χ4n) is 3.36. The Balaban J connectivity index is 1.66. The highest BCUT2D eigenvalue weighted by molar-refractivity contribution is 9.10. The van der Waals surface area contributed by atoms with Crippen molar-refractivity contribution in [3.8, 4) is 11.5 Å². The van der Waals surface area contributed by atoms with Gasteiger partial charge in [-0.3, -0.25) is 24.6 Å². The van der Waals surface area contributed by atoms with Crippen LogP contribution in [0.2, 0.25) is 10.0 Å². The summed E-state index contributed by atoms with van der Waals surface area (Å²) >= 11 is 16.0. The van der Waals surface area contributed by atoms with E-state index in [2.05, 4.69) is 15.9 Å². The van der Waals surface area contributed by atoms with Crippen LogP contribution in [0.25, 0.3) is 6.08 Å². The number of benzene rings is 3. The molecule has 0 saturated carbocycles. The number of nitrogens with zero attached hydrogens (tertiary/aromatic N) is 2. The number of halogens is 6. The number of rotatable bonds is 6. The third kappa shape index (κ3) is 6.15. The maximum Gasteiger partial charge on any atom is 0.416 e. The summed E-state index contributed by atoms with van der Waals surface area (Å²) in [6.07, 6.45) is -3.43. The lowest BCUT2D eigenvalue weighted by atomic mass is 10.1. The largest absolute Gasteiger partial charge is 0.449 e. The second kappa shape index (κ2) is 11.0. The lowest BCUT2D eigenvalue weighted by molar-refractivity contribution is -0.385. The smallest absolute Gasteiger partial charge is 0.416 e. The Hall–Kier alpha value is -3.06. The number of hydrogen-bond acceptors (Lipinski definition) is 6. The maximum atomic E-state index is 13.0. The van der Waals surface area contributed by atoms with Crippen molar-refractivity contribution in [2.24, 2.45) is 0 Å². The van der Waals surface area contributed by atoms with Gasteiger partial charge in [0.15, 0.2) is 0 Å². The Bertz CT molecular complexity index is 1520. The Morgan fingerprint density at radius 3 is 2.42 bits per heavy atom. The molecule has 196 valence electrons. The summed E-state index contributed by atoms with van der Waals surface area (Å²) in [5.41, 5.74) is -1.36. The number of alkyl halides is 3. The van der Waals surface area contributed by atoms with E-state index < -0.39 is 39.2 Å².